The van der Waals surface area contributed by atoms with Gasteiger partial charge >= 0.3 is 12.6 Å². The summed E-state index contributed by atoms with van der Waals surface area (Å²) in [6.45, 7) is -2.99. The highest BCUT2D eigenvalue weighted by Crippen LogP contribution is 2.47. The Kier molecular flexibility index (Phi) is 6.90. The van der Waals surface area contributed by atoms with Crippen molar-refractivity contribution in [1.82, 2.24) is 0 Å². The predicted octanol–water partition coefficient (Wildman–Crippen LogP) is 5.00. The fraction of sp³-hybridized carbons (Fsp3) is 0.316. The molecule has 150 valence electrons. The smallest absolute Gasteiger partial charge is 0.387 e. The number of esters is 1. The maximum absolute atomic E-state index is 12.5. The first-order valence-electron chi connectivity index (χ1n) is 8.28. The zero-order valence-corrected chi connectivity index (χ0v) is 16.8. The van der Waals surface area contributed by atoms with Crippen LogP contribution < -0.4 is 18.9 Å². The number of alkyl halides is 2. The monoisotopic (exact) mass is 428 g/mol. The number of methoxy groups -OCH3 is 2. The maximum atomic E-state index is 12.5. The van der Waals surface area contributed by atoms with Gasteiger partial charge in [-0.15, -0.1) is 23.5 Å². The summed E-state index contributed by atoms with van der Waals surface area (Å²) >= 11 is 3.72. The molecule has 2 aromatic rings. The summed E-state index contributed by atoms with van der Waals surface area (Å²) in [4.78, 5) is 12.5. The molecule has 9 heteroatoms. The summed E-state index contributed by atoms with van der Waals surface area (Å²) in [7, 11) is 2.80. The van der Waals surface area contributed by atoms with E-state index < -0.39 is 12.6 Å². The average Bonchev–Trinajstić information content (AvgIpc) is 3.23. The van der Waals surface area contributed by atoms with Crippen molar-refractivity contribution in [3.63, 3.8) is 0 Å². The highest BCUT2D eigenvalue weighted by Gasteiger charge is 2.21. The number of benzene rings is 2. The Labute approximate surface area is 169 Å². The van der Waals surface area contributed by atoms with Gasteiger partial charge in [-0.1, -0.05) is 6.07 Å². The van der Waals surface area contributed by atoms with Gasteiger partial charge in [0.1, 0.15) is 0 Å². The molecule has 0 radical (unpaired) electrons. The lowest BCUT2D eigenvalue weighted by Gasteiger charge is -2.14. The minimum Gasteiger partial charge on any atom is -0.493 e. The van der Waals surface area contributed by atoms with E-state index in [-0.39, 0.29) is 22.8 Å². The quantitative estimate of drug-likeness (QED) is 0.454. The third kappa shape index (κ3) is 4.82. The van der Waals surface area contributed by atoms with Crippen LogP contribution in [0.5, 0.6) is 23.0 Å². The molecule has 1 heterocycles. The summed E-state index contributed by atoms with van der Waals surface area (Å²) in [6.07, 6.45) is 0. The van der Waals surface area contributed by atoms with Crippen molar-refractivity contribution in [2.24, 2.45) is 0 Å². The minimum atomic E-state index is -2.99. The SMILES string of the molecule is COc1cc(C2SCCS2)ccc1OC(=O)c1ccc(OC(F)F)c(OC)c1. The summed E-state index contributed by atoms with van der Waals surface area (Å²) < 4.78 is 45.4. The number of carbonyl (C=O) groups excluding carboxylic acids is 1. The Morgan fingerprint density at radius 1 is 0.964 bits per heavy atom. The summed E-state index contributed by atoms with van der Waals surface area (Å²) in [6, 6.07) is 9.30. The van der Waals surface area contributed by atoms with E-state index in [1.54, 1.807) is 6.07 Å². The van der Waals surface area contributed by atoms with Gasteiger partial charge in [0.05, 0.1) is 24.4 Å². The standard InChI is InChI=1S/C19H18F2O5S2/c1-23-15-9-11(3-5-14(15)26-19(20)21)17(22)25-13-6-4-12(10-16(13)24-2)18-27-7-8-28-18/h3-6,9-10,18-19H,7-8H2,1-2H3. The van der Waals surface area contributed by atoms with Gasteiger partial charge in [-0.25, -0.2) is 4.79 Å². The number of hydrogen-bond acceptors (Lipinski definition) is 7. The van der Waals surface area contributed by atoms with E-state index in [1.165, 1.54) is 32.4 Å². The predicted molar refractivity (Wildman–Crippen MR) is 105 cm³/mol. The van der Waals surface area contributed by atoms with E-state index in [1.807, 2.05) is 35.7 Å². The zero-order valence-electron chi connectivity index (χ0n) is 15.1. The van der Waals surface area contributed by atoms with E-state index in [0.717, 1.165) is 17.1 Å². The van der Waals surface area contributed by atoms with Gasteiger partial charge in [-0.2, -0.15) is 8.78 Å². The van der Waals surface area contributed by atoms with E-state index in [0.29, 0.717) is 10.3 Å². The van der Waals surface area contributed by atoms with Crippen molar-refractivity contribution >= 4 is 29.5 Å². The highest BCUT2D eigenvalue weighted by atomic mass is 32.2. The Balaban J connectivity index is 1.78. The van der Waals surface area contributed by atoms with Crippen molar-refractivity contribution in [1.29, 1.82) is 0 Å². The number of carbonyl (C=O) groups is 1. The second-order valence-electron chi connectivity index (χ2n) is 5.62. The molecule has 0 amide bonds. The van der Waals surface area contributed by atoms with Crippen LogP contribution in [0.4, 0.5) is 8.78 Å². The van der Waals surface area contributed by atoms with Crippen LogP contribution in [0.3, 0.4) is 0 Å². The van der Waals surface area contributed by atoms with Crippen LogP contribution in [0.15, 0.2) is 36.4 Å². The molecule has 28 heavy (non-hydrogen) atoms. The average molecular weight is 428 g/mol. The molecular formula is C19H18F2O5S2. The van der Waals surface area contributed by atoms with Crippen molar-refractivity contribution < 1.29 is 32.5 Å². The van der Waals surface area contributed by atoms with Crippen LogP contribution in [0, 0.1) is 0 Å². The number of thioether (sulfide) groups is 2. The first-order chi connectivity index (χ1) is 13.5. The number of rotatable bonds is 7. The molecule has 1 aliphatic rings. The Hall–Kier alpha value is -2.13. The van der Waals surface area contributed by atoms with Crippen LogP contribution in [0.25, 0.3) is 0 Å². The van der Waals surface area contributed by atoms with Crippen LogP contribution in [-0.4, -0.2) is 38.3 Å². The lowest BCUT2D eigenvalue weighted by atomic mass is 10.2. The third-order valence-corrected chi connectivity index (χ3v) is 7.00. The van der Waals surface area contributed by atoms with Crippen LogP contribution >= 0.6 is 23.5 Å². The fourth-order valence-corrected chi connectivity index (χ4v) is 5.45. The van der Waals surface area contributed by atoms with Gasteiger partial charge in [0.15, 0.2) is 23.0 Å². The van der Waals surface area contributed by atoms with Gasteiger partial charge in [-0.05, 0) is 35.9 Å². The van der Waals surface area contributed by atoms with Gasteiger partial charge < -0.3 is 18.9 Å². The first-order valence-corrected chi connectivity index (χ1v) is 10.4. The molecule has 5 nitrogen and oxygen atoms in total. The van der Waals surface area contributed by atoms with Crippen LogP contribution in [0.1, 0.15) is 20.5 Å². The largest absolute Gasteiger partial charge is 0.493 e. The minimum absolute atomic E-state index is 0.00680. The molecule has 3 rings (SSSR count). The molecule has 1 saturated heterocycles. The van der Waals surface area contributed by atoms with Crippen molar-refractivity contribution in [3.8, 4) is 23.0 Å². The number of hydrogen-bond donors (Lipinski definition) is 0. The lowest BCUT2D eigenvalue weighted by molar-refractivity contribution is -0.0512. The van der Waals surface area contributed by atoms with Crippen molar-refractivity contribution in [2.45, 2.75) is 11.2 Å². The molecule has 0 atom stereocenters. The normalized spacial score (nSPS) is 14.2. The van der Waals surface area contributed by atoms with E-state index in [4.69, 9.17) is 14.2 Å². The molecule has 0 bridgehead atoms. The molecular weight excluding hydrogens is 410 g/mol. The lowest BCUT2D eigenvalue weighted by Crippen LogP contribution is -2.10. The third-order valence-electron chi connectivity index (χ3n) is 3.90. The zero-order chi connectivity index (χ0) is 20.1. The second-order valence-corrected chi connectivity index (χ2v) is 8.34. The van der Waals surface area contributed by atoms with Crippen molar-refractivity contribution in [2.75, 3.05) is 25.7 Å². The summed E-state index contributed by atoms with van der Waals surface area (Å²) in [5.41, 5.74) is 1.23. The first kappa shape index (κ1) is 20.6. The number of halogens is 2. The van der Waals surface area contributed by atoms with Gasteiger partial charge in [0.2, 0.25) is 0 Å². The Morgan fingerprint density at radius 3 is 2.25 bits per heavy atom. The maximum Gasteiger partial charge on any atom is 0.387 e. The van der Waals surface area contributed by atoms with E-state index in [2.05, 4.69) is 4.74 Å². The van der Waals surface area contributed by atoms with Gasteiger partial charge in [0, 0.05) is 11.5 Å². The second kappa shape index (κ2) is 9.38. The molecule has 0 aliphatic carbocycles. The molecule has 2 aromatic carbocycles. The summed E-state index contributed by atoms with van der Waals surface area (Å²) in [5.74, 6) is 2.09. The molecule has 1 fully saturated rings. The molecule has 0 saturated carbocycles. The Bertz CT molecular complexity index is 841. The van der Waals surface area contributed by atoms with Crippen molar-refractivity contribution in [3.05, 3.63) is 47.5 Å². The van der Waals surface area contributed by atoms with Crippen LogP contribution in [-0.2, 0) is 0 Å². The molecule has 0 N–H and O–H groups in total. The van der Waals surface area contributed by atoms with E-state index in [9.17, 15) is 13.6 Å². The fourth-order valence-electron chi connectivity index (χ4n) is 2.61. The molecule has 0 unspecified atom stereocenters. The van der Waals surface area contributed by atoms with E-state index >= 15 is 0 Å². The highest BCUT2D eigenvalue weighted by molar-refractivity contribution is 8.19. The van der Waals surface area contributed by atoms with Gasteiger partial charge in [0.25, 0.3) is 0 Å². The van der Waals surface area contributed by atoms with Gasteiger partial charge in [-0.3, -0.25) is 0 Å². The topological polar surface area (TPSA) is 54.0 Å². The molecule has 0 aromatic heterocycles. The Morgan fingerprint density at radius 2 is 1.61 bits per heavy atom. The van der Waals surface area contributed by atoms with Crippen LogP contribution in [0.2, 0.25) is 0 Å². The number of ether oxygens (including phenoxy) is 4. The molecule has 0 spiro atoms. The molecule has 1 aliphatic heterocycles. The summed E-state index contributed by atoms with van der Waals surface area (Å²) in [5, 5.41) is 0.